The molecule has 2 rings (SSSR count). The van der Waals surface area contributed by atoms with Crippen LogP contribution in [0.4, 0.5) is 0 Å². The molecule has 1 aromatic rings. The summed E-state index contributed by atoms with van der Waals surface area (Å²) in [4.78, 5) is 1.49. The zero-order valence-corrected chi connectivity index (χ0v) is 13.9. The molecule has 0 aliphatic heterocycles. The van der Waals surface area contributed by atoms with E-state index in [2.05, 4.69) is 51.4 Å². The first-order chi connectivity index (χ1) is 8.94. The van der Waals surface area contributed by atoms with Gasteiger partial charge in [0.15, 0.2) is 0 Å². The second-order valence-electron chi connectivity index (χ2n) is 6.94. The zero-order valence-electron chi connectivity index (χ0n) is 13.1. The summed E-state index contributed by atoms with van der Waals surface area (Å²) >= 11 is 1.90. The summed E-state index contributed by atoms with van der Waals surface area (Å²) in [5, 5.41) is 6.10. The monoisotopic (exact) mass is 281 g/mol. The first kappa shape index (κ1) is 15.1. The summed E-state index contributed by atoms with van der Waals surface area (Å²) in [6.07, 6.45) is 3.83. The van der Waals surface area contributed by atoms with E-state index in [1.165, 1.54) is 23.3 Å². The third-order valence-electron chi connectivity index (χ3n) is 5.41. The highest BCUT2D eigenvalue weighted by Crippen LogP contribution is 2.43. The van der Waals surface area contributed by atoms with Gasteiger partial charge in [0.2, 0.25) is 0 Å². The van der Waals surface area contributed by atoms with Gasteiger partial charge in [-0.25, -0.2) is 0 Å². The van der Waals surface area contributed by atoms with E-state index in [0.29, 0.717) is 11.5 Å². The number of nitrogens with one attached hydrogen (secondary N) is 1. The van der Waals surface area contributed by atoms with Crippen LogP contribution in [0.15, 0.2) is 11.4 Å². The molecular weight excluding hydrogens is 250 g/mol. The molecule has 1 aromatic heterocycles. The first-order valence-electron chi connectivity index (χ1n) is 7.73. The standard InChI is InChI=1S/C17H29NS.H2/c1-6-14-9-15(19-11-14)10-18-16-7-8-17(4,5)13(3)12(16)2;/h9,11-13,16,18H,6-8,10H2,1-5H3;1H/t12-,13?,16-;/m1./s1. The van der Waals surface area contributed by atoms with Crippen molar-refractivity contribution in [2.75, 3.05) is 0 Å². The molecule has 0 spiro atoms. The van der Waals surface area contributed by atoms with Gasteiger partial charge < -0.3 is 5.32 Å². The van der Waals surface area contributed by atoms with Crippen molar-refractivity contribution in [2.24, 2.45) is 17.3 Å². The van der Waals surface area contributed by atoms with E-state index in [4.69, 9.17) is 0 Å². The number of aryl methyl sites for hydroxylation is 1. The Balaban J connectivity index is 0.00000200. The van der Waals surface area contributed by atoms with E-state index < -0.39 is 0 Å². The molecule has 1 N–H and O–H groups in total. The van der Waals surface area contributed by atoms with Crippen LogP contribution in [0.25, 0.3) is 0 Å². The minimum absolute atomic E-state index is 0. The Labute approximate surface area is 124 Å². The lowest BCUT2D eigenvalue weighted by Crippen LogP contribution is -2.46. The molecule has 0 radical (unpaired) electrons. The minimum Gasteiger partial charge on any atom is -0.309 e. The van der Waals surface area contributed by atoms with Crippen LogP contribution in [0.5, 0.6) is 0 Å². The van der Waals surface area contributed by atoms with Crippen molar-refractivity contribution >= 4 is 11.3 Å². The summed E-state index contributed by atoms with van der Waals surface area (Å²) < 4.78 is 0. The molecule has 1 aliphatic rings. The molecule has 19 heavy (non-hydrogen) atoms. The molecule has 0 bridgehead atoms. The summed E-state index contributed by atoms with van der Waals surface area (Å²) in [6.45, 7) is 13.0. The fourth-order valence-electron chi connectivity index (χ4n) is 3.30. The van der Waals surface area contributed by atoms with Crippen molar-refractivity contribution in [3.8, 4) is 0 Å². The van der Waals surface area contributed by atoms with Crippen molar-refractivity contribution < 1.29 is 1.43 Å². The maximum Gasteiger partial charge on any atom is 0.0302 e. The summed E-state index contributed by atoms with van der Waals surface area (Å²) in [6, 6.07) is 3.05. The second-order valence-corrected chi connectivity index (χ2v) is 7.93. The topological polar surface area (TPSA) is 12.0 Å². The van der Waals surface area contributed by atoms with Crippen LogP contribution in [-0.2, 0) is 13.0 Å². The smallest absolute Gasteiger partial charge is 0.0302 e. The van der Waals surface area contributed by atoms with Crippen molar-refractivity contribution in [2.45, 2.75) is 66.5 Å². The van der Waals surface area contributed by atoms with Crippen LogP contribution in [0, 0.1) is 17.3 Å². The summed E-state index contributed by atoms with van der Waals surface area (Å²) in [7, 11) is 0. The predicted octanol–water partition coefficient (Wildman–Crippen LogP) is 5.11. The Morgan fingerprint density at radius 2 is 2.16 bits per heavy atom. The summed E-state index contributed by atoms with van der Waals surface area (Å²) in [5.41, 5.74) is 1.99. The molecule has 110 valence electrons. The second kappa shape index (κ2) is 5.97. The highest BCUT2D eigenvalue weighted by molar-refractivity contribution is 7.10. The predicted molar refractivity (Wildman–Crippen MR) is 87.8 cm³/mol. The molecule has 0 aromatic carbocycles. The molecule has 1 fully saturated rings. The van der Waals surface area contributed by atoms with E-state index in [0.717, 1.165) is 24.8 Å². The van der Waals surface area contributed by atoms with E-state index >= 15 is 0 Å². The van der Waals surface area contributed by atoms with Gasteiger partial charge in [-0.05, 0) is 53.5 Å². The summed E-state index contributed by atoms with van der Waals surface area (Å²) in [5.74, 6) is 1.57. The Morgan fingerprint density at radius 1 is 1.42 bits per heavy atom. The van der Waals surface area contributed by atoms with E-state index in [1.807, 2.05) is 11.3 Å². The number of thiophene rings is 1. The molecule has 1 heterocycles. The SMILES string of the molecule is CCc1csc(CN[C@@H]2CCC(C)(C)C(C)[C@H]2C)c1.[HH]. The lowest BCUT2D eigenvalue weighted by Gasteiger charge is -2.45. The van der Waals surface area contributed by atoms with Gasteiger partial charge in [0, 0.05) is 18.9 Å². The third-order valence-corrected chi connectivity index (χ3v) is 6.40. The lowest BCUT2D eigenvalue weighted by molar-refractivity contribution is 0.0685. The van der Waals surface area contributed by atoms with Crippen LogP contribution in [0.2, 0.25) is 0 Å². The molecule has 3 atom stereocenters. The molecule has 0 amide bonds. The fourth-order valence-corrected chi connectivity index (χ4v) is 4.23. The Kier molecular flexibility index (Phi) is 4.73. The average molecular weight is 282 g/mol. The highest BCUT2D eigenvalue weighted by Gasteiger charge is 2.38. The van der Waals surface area contributed by atoms with Gasteiger partial charge in [-0.1, -0.05) is 34.6 Å². The van der Waals surface area contributed by atoms with Gasteiger partial charge in [-0.3, -0.25) is 0 Å². The minimum atomic E-state index is 0. The lowest BCUT2D eigenvalue weighted by atomic mass is 9.63. The maximum absolute atomic E-state index is 3.80. The van der Waals surface area contributed by atoms with E-state index in [-0.39, 0.29) is 1.43 Å². The first-order valence-corrected chi connectivity index (χ1v) is 8.61. The molecule has 0 saturated heterocycles. The quantitative estimate of drug-likeness (QED) is 0.809. The van der Waals surface area contributed by atoms with Crippen molar-refractivity contribution in [3.05, 3.63) is 21.9 Å². The van der Waals surface area contributed by atoms with Crippen molar-refractivity contribution in [1.82, 2.24) is 5.32 Å². The van der Waals surface area contributed by atoms with Crippen LogP contribution >= 0.6 is 11.3 Å². The fraction of sp³-hybridized carbons (Fsp3) is 0.765. The van der Waals surface area contributed by atoms with Crippen molar-refractivity contribution in [3.63, 3.8) is 0 Å². The Hall–Kier alpha value is -0.340. The van der Waals surface area contributed by atoms with Gasteiger partial charge >= 0.3 is 0 Å². The molecule has 1 saturated carbocycles. The molecular formula is C17H31NS. The van der Waals surface area contributed by atoms with Gasteiger partial charge in [0.25, 0.3) is 0 Å². The van der Waals surface area contributed by atoms with Gasteiger partial charge in [0.05, 0.1) is 0 Å². The maximum atomic E-state index is 3.80. The molecule has 1 unspecified atom stereocenters. The number of hydrogen-bond acceptors (Lipinski definition) is 2. The molecule has 1 aliphatic carbocycles. The van der Waals surface area contributed by atoms with Crippen LogP contribution in [-0.4, -0.2) is 6.04 Å². The third kappa shape index (κ3) is 3.41. The Morgan fingerprint density at radius 3 is 2.79 bits per heavy atom. The van der Waals surface area contributed by atoms with Gasteiger partial charge in [-0.2, -0.15) is 0 Å². The largest absolute Gasteiger partial charge is 0.309 e. The Bertz CT molecular complexity index is 413. The number of hydrogen-bond donors (Lipinski definition) is 1. The van der Waals surface area contributed by atoms with E-state index in [1.54, 1.807) is 0 Å². The molecule has 2 heteroatoms. The van der Waals surface area contributed by atoms with Crippen molar-refractivity contribution in [1.29, 1.82) is 0 Å². The van der Waals surface area contributed by atoms with Gasteiger partial charge in [0.1, 0.15) is 0 Å². The van der Waals surface area contributed by atoms with Crippen LogP contribution in [0.1, 0.15) is 59.3 Å². The normalized spacial score (nSPS) is 30.5. The van der Waals surface area contributed by atoms with E-state index in [9.17, 15) is 0 Å². The van der Waals surface area contributed by atoms with Crippen LogP contribution < -0.4 is 5.32 Å². The number of rotatable bonds is 4. The van der Waals surface area contributed by atoms with Gasteiger partial charge in [-0.15, -0.1) is 11.3 Å². The average Bonchev–Trinajstić information content (AvgIpc) is 2.83. The molecule has 1 nitrogen and oxygen atoms in total. The van der Waals surface area contributed by atoms with Crippen LogP contribution in [0.3, 0.4) is 0 Å². The zero-order chi connectivity index (χ0) is 14.0. The highest BCUT2D eigenvalue weighted by atomic mass is 32.1.